The second-order valence-electron chi connectivity index (χ2n) is 6.45. The molecule has 1 aliphatic carbocycles. The lowest BCUT2D eigenvalue weighted by Crippen LogP contribution is -2.24. The van der Waals surface area contributed by atoms with Crippen LogP contribution in [0.1, 0.15) is 50.4 Å². The van der Waals surface area contributed by atoms with E-state index in [9.17, 15) is 0 Å². The highest BCUT2D eigenvalue weighted by atomic mass is 15.0. The summed E-state index contributed by atoms with van der Waals surface area (Å²) in [6.45, 7) is 9.34. The first kappa shape index (κ1) is 14.1. The Bertz CT molecular complexity index is 693. The molecule has 1 heterocycles. The quantitative estimate of drug-likeness (QED) is 0.737. The molecular weight excluding hydrogens is 256 g/mol. The Morgan fingerprint density at radius 1 is 1.10 bits per heavy atom. The van der Waals surface area contributed by atoms with Gasteiger partial charge in [-0.25, -0.2) is 4.98 Å². The van der Waals surface area contributed by atoms with E-state index in [2.05, 4.69) is 68.6 Å². The van der Waals surface area contributed by atoms with Crippen LogP contribution in [0.5, 0.6) is 0 Å². The van der Waals surface area contributed by atoms with E-state index in [0.717, 1.165) is 0 Å². The number of hydrogen-bond donors (Lipinski definition) is 0. The molecule has 0 saturated carbocycles. The number of nitrogens with zero attached hydrogens (tertiary/aromatic N) is 2. The van der Waals surface area contributed by atoms with Gasteiger partial charge in [-0.05, 0) is 47.0 Å². The molecule has 2 heteroatoms. The van der Waals surface area contributed by atoms with Gasteiger partial charge in [0.1, 0.15) is 0 Å². The van der Waals surface area contributed by atoms with Gasteiger partial charge in [0.05, 0.1) is 18.2 Å². The van der Waals surface area contributed by atoms with Crippen molar-refractivity contribution in [3.8, 4) is 0 Å². The van der Waals surface area contributed by atoms with Crippen LogP contribution >= 0.6 is 0 Å². The van der Waals surface area contributed by atoms with Crippen LogP contribution in [-0.2, 0) is 7.05 Å². The van der Waals surface area contributed by atoms with Crippen molar-refractivity contribution in [2.75, 3.05) is 0 Å². The Morgan fingerprint density at radius 2 is 1.81 bits per heavy atom. The standard InChI is InChI=1S/C19H24N2/c1-12-13(2)16-8-6-7-9-17(16)19(14(12)3)15(4)18-10-20-11-21(18)5/h6-14H,1-5H3/b19-15+. The van der Waals surface area contributed by atoms with Crippen molar-refractivity contribution in [1.82, 2.24) is 9.55 Å². The SMILES string of the molecule is C/C(=C1\c2ccccc2C(C)C(C)C1C)c1cncn1C. The van der Waals surface area contributed by atoms with Gasteiger partial charge < -0.3 is 4.57 Å². The van der Waals surface area contributed by atoms with Gasteiger partial charge in [0.25, 0.3) is 0 Å². The number of aromatic nitrogens is 2. The molecule has 0 aliphatic heterocycles. The van der Waals surface area contributed by atoms with Crippen molar-refractivity contribution in [2.24, 2.45) is 18.9 Å². The minimum absolute atomic E-state index is 0.560. The minimum Gasteiger partial charge on any atom is -0.334 e. The van der Waals surface area contributed by atoms with Gasteiger partial charge in [-0.2, -0.15) is 0 Å². The Hall–Kier alpha value is -1.83. The fourth-order valence-electron chi connectivity index (χ4n) is 3.76. The maximum absolute atomic E-state index is 4.28. The van der Waals surface area contributed by atoms with Crippen LogP contribution in [0.2, 0.25) is 0 Å². The van der Waals surface area contributed by atoms with Crippen LogP contribution in [0.15, 0.2) is 36.8 Å². The normalized spacial score (nSPS) is 27.4. The summed E-state index contributed by atoms with van der Waals surface area (Å²) in [5.74, 6) is 1.82. The number of fused-ring (bicyclic) bond motifs is 1. The molecular formula is C19H24N2. The van der Waals surface area contributed by atoms with Crippen LogP contribution < -0.4 is 0 Å². The number of imidazole rings is 1. The van der Waals surface area contributed by atoms with E-state index >= 15 is 0 Å². The molecule has 1 aromatic carbocycles. The summed E-state index contributed by atoms with van der Waals surface area (Å²) in [6.07, 6.45) is 3.85. The second kappa shape index (κ2) is 5.18. The molecule has 1 aliphatic rings. The van der Waals surface area contributed by atoms with Crippen molar-refractivity contribution in [3.63, 3.8) is 0 Å². The summed E-state index contributed by atoms with van der Waals surface area (Å²) in [5.41, 5.74) is 6.97. The number of aryl methyl sites for hydroxylation is 1. The van der Waals surface area contributed by atoms with Crippen molar-refractivity contribution in [1.29, 1.82) is 0 Å². The lowest BCUT2D eigenvalue weighted by molar-refractivity contribution is 0.390. The zero-order chi connectivity index (χ0) is 15.1. The Kier molecular flexibility index (Phi) is 3.48. The van der Waals surface area contributed by atoms with Gasteiger partial charge in [-0.1, -0.05) is 45.0 Å². The van der Waals surface area contributed by atoms with Gasteiger partial charge in [0.2, 0.25) is 0 Å². The van der Waals surface area contributed by atoms with E-state index < -0.39 is 0 Å². The second-order valence-corrected chi connectivity index (χ2v) is 6.45. The Morgan fingerprint density at radius 3 is 2.48 bits per heavy atom. The average molecular weight is 280 g/mol. The van der Waals surface area contributed by atoms with Crippen LogP contribution in [0.25, 0.3) is 11.1 Å². The third-order valence-corrected chi connectivity index (χ3v) is 5.38. The Labute approximate surface area is 127 Å². The smallest absolute Gasteiger partial charge is 0.0948 e. The predicted octanol–water partition coefficient (Wildman–Crippen LogP) is 4.74. The first-order valence-corrected chi connectivity index (χ1v) is 7.79. The number of rotatable bonds is 1. The number of allylic oxidation sites excluding steroid dienone is 2. The molecule has 1 aromatic heterocycles. The predicted molar refractivity (Wildman–Crippen MR) is 88.9 cm³/mol. The molecule has 0 radical (unpaired) electrons. The molecule has 2 aromatic rings. The molecule has 0 N–H and O–H groups in total. The van der Waals surface area contributed by atoms with E-state index in [4.69, 9.17) is 0 Å². The van der Waals surface area contributed by atoms with E-state index in [1.165, 1.54) is 28.0 Å². The van der Waals surface area contributed by atoms with Gasteiger partial charge in [0, 0.05) is 7.05 Å². The van der Waals surface area contributed by atoms with Crippen molar-refractivity contribution < 1.29 is 0 Å². The molecule has 3 unspecified atom stereocenters. The van der Waals surface area contributed by atoms with E-state index in [0.29, 0.717) is 17.8 Å². The van der Waals surface area contributed by atoms with Gasteiger partial charge in [-0.15, -0.1) is 0 Å². The summed E-state index contributed by atoms with van der Waals surface area (Å²) < 4.78 is 2.11. The molecule has 3 rings (SSSR count). The third kappa shape index (κ3) is 2.14. The van der Waals surface area contributed by atoms with E-state index in [1.807, 2.05) is 12.5 Å². The summed E-state index contributed by atoms with van der Waals surface area (Å²) >= 11 is 0. The molecule has 21 heavy (non-hydrogen) atoms. The monoisotopic (exact) mass is 280 g/mol. The highest BCUT2D eigenvalue weighted by Crippen LogP contribution is 2.47. The summed E-state index contributed by atoms with van der Waals surface area (Å²) in [7, 11) is 2.07. The van der Waals surface area contributed by atoms with Crippen LogP contribution in [-0.4, -0.2) is 9.55 Å². The van der Waals surface area contributed by atoms with Crippen LogP contribution in [0.3, 0.4) is 0 Å². The van der Waals surface area contributed by atoms with Crippen molar-refractivity contribution >= 4 is 11.1 Å². The molecule has 0 fully saturated rings. The number of hydrogen-bond acceptors (Lipinski definition) is 1. The molecule has 110 valence electrons. The van der Waals surface area contributed by atoms with Crippen molar-refractivity contribution in [3.05, 3.63) is 53.6 Å². The van der Waals surface area contributed by atoms with E-state index in [-0.39, 0.29) is 0 Å². The van der Waals surface area contributed by atoms with Crippen LogP contribution in [0, 0.1) is 11.8 Å². The largest absolute Gasteiger partial charge is 0.334 e. The molecule has 0 bridgehead atoms. The Balaban J connectivity index is 2.26. The lowest BCUT2D eigenvalue weighted by Gasteiger charge is -2.37. The van der Waals surface area contributed by atoms with Gasteiger partial charge in [-0.3, -0.25) is 0 Å². The first-order valence-electron chi connectivity index (χ1n) is 7.79. The molecule has 3 atom stereocenters. The summed E-state index contributed by atoms with van der Waals surface area (Å²) in [6, 6.07) is 8.89. The molecule has 0 spiro atoms. The first-order chi connectivity index (χ1) is 10.0. The maximum atomic E-state index is 4.28. The fourth-order valence-corrected chi connectivity index (χ4v) is 3.76. The highest BCUT2D eigenvalue weighted by molar-refractivity contribution is 5.91. The van der Waals surface area contributed by atoms with Crippen LogP contribution in [0.4, 0.5) is 0 Å². The third-order valence-electron chi connectivity index (χ3n) is 5.38. The average Bonchev–Trinajstić information content (AvgIpc) is 2.91. The zero-order valence-corrected chi connectivity index (χ0v) is 13.6. The zero-order valence-electron chi connectivity index (χ0n) is 13.6. The summed E-state index contributed by atoms with van der Waals surface area (Å²) in [4.78, 5) is 4.28. The fraction of sp³-hybridized carbons (Fsp3) is 0.421. The van der Waals surface area contributed by atoms with Gasteiger partial charge in [0.15, 0.2) is 0 Å². The van der Waals surface area contributed by atoms with Gasteiger partial charge >= 0.3 is 0 Å². The van der Waals surface area contributed by atoms with E-state index in [1.54, 1.807) is 0 Å². The summed E-state index contributed by atoms with van der Waals surface area (Å²) in [5, 5.41) is 0. The lowest BCUT2D eigenvalue weighted by atomic mass is 9.67. The highest BCUT2D eigenvalue weighted by Gasteiger charge is 2.33. The molecule has 2 nitrogen and oxygen atoms in total. The minimum atomic E-state index is 0.560. The topological polar surface area (TPSA) is 17.8 Å². The van der Waals surface area contributed by atoms with Crippen molar-refractivity contribution in [2.45, 2.75) is 33.6 Å². The molecule has 0 saturated heterocycles. The maximum Gasteiger partial charge on any atom is 0.0948 e. The molecule has 0 amide bonds. The number of benzene rings is 1.